The fourth-order valence-electron chi connectivity index (χ4n) is 5.65. The summed E-state index contributed by atoms with van der Waals surface area (Å²) in [6.07, 6.45) is 4.88. The minimum absolute atomic E-state index is 0.213. The third-order valence-corrected chi connectivity index (χ3v) is 7.82. The van der Waals surface area contributed by atoms with Crippen LogP contribution in [-0.2, 0) is 13.0 Å². The van der Waals surface area contributed by atoms with Crippen molar-refractivity contribution in [3.8, 4) is 22.9 Å². The van der Waals surface area contributed by atoms with Crippen molar-refractivity contribution in [3.63, 3.8) is 0 Å². The normalized spacial score (nSPS) is 17.3. The Morgan fingerprint density at radius 1 is 1.00 bits per heavy atom. The number of rotatable bonds is 8. The lowest BCUT2D eigenvalue weighted by molar-refractivity contribution is 0.269. The van der Waals surface area contributed by atoms with Crippen molar-refractivity contribution in [1.29, 1.82) is 0 Å². The number of tetrazole rings is 1. The lowest BCUT2D eigenvalue weighted by atomic mass is 9.73. The molecule has 2 unspecified atom stereocenters. The molecule has 0 spiro atoms. The summed E-state index contributed by atoms with van der Waals surface area (Å²) in [4.78, 5) is 7.73. The van der Waals surface area contributed by atoms with E-state index in [0.29, 0.717) is 34.1 Å². The van der Waals surface area contributed by atoms with E-state index >= 15 is 0 Å². The molecular weight excluding hydrogens is 538 g/mol. The van der Waals surface area contributed by atoms with Gasteiger partial charge in [-0.05, 0) is 53.7 Å². The molecule has 1 aliphatic rings. The molecule has 1 saturated carbocycles. The molecule has 2 atom stereocenters. The van der Waals surface area contributed by atoms with Gasteiger partial charge in [-0.2, -0.15) is 5.21 Å². The minimum Gasteiger partial charge on any atom is -0.496 e. The first-order valence-corrected chi connectivity index (χ1v) is 13.5. The first-order chi connectivity index (χ1) is 19.5. The van der Waals surface area contributed by atoms with E-state index in [0.717, 1.165) is 66.1 Å². The molecule has 0 bridgehead atoms. The second-order valence-electron chi connectivity index (χ2n) is 10.1. The summed E-state index contributed by atoms with van der Waals surface area (Å²) in [7, 11) is 1.61. The Balaban J connectivity index is 1.24. The molecule has 1 fully saturated rings. The van der Waals surface area contributed by atoms with Gasteiger partial charge in [-0.25, -0.2) is 13.8 Å². The quantitative estimate of drug-likeness (QED) is 0.215. The number of aromatic nitrogens is 6. The number of fused-ring (bicyclic) bond motifs is 1. The average molecular weight is 565 g/mol. The van der Waals surface area contributed by atoms with Gasteiger partial charge in [0.05, 0.1) is 18.1 Å². The summed E-state index contributed by atoms with van der Waals surface area (Å²) < 4.78 is 39.5. The molecule has 0 saturated heterocycles. The number of aromatic amines is 2. The number of H-pyrrole nitrogens is 2. The van der Waals surface area contributed by atoms with Crippen LogP contribution in [0.2, 0.25) is 5.02 Å². The number of nitrogens with one attached hydrogen (secondary N) is 2. The zero-order valence-corrected chi connectivity index (χ0v) is 22.5. The van der Waals surface area contributed by atoms with Crippen LogP contribution in [0, 0.1) is 17.6 Å². The maximum Gasteiger partial charge on any atom is 0.204 e. The van der Waals surface area contributed by atoms with Crippen molar-refractivity contribution in [2.24, 2.45) is 5.92 Å². The van der Waals surface area contributed by atoms with Crippen molar-refractivity contribution in [3.05, 3.63) is 82.1 Å². The van der Waals surface area contributed by atoms with Gasteiger partial charge in [0.2, 0.25) is 5.82 Å². The summed E-state index contributed by atoms with van der Waals surface area (Å²) in [5.74, 6) is 1.28. The molecule has 40 heavy (non-hydrogen) atoms. The van der Waals surface area contributed by atoms with Gasteiger partial charge in [0, 0.05) is 34.7 Å². The Bertz CT molecular complexity index is 1600. The molecule has 6 rings (SSSR count). The molecule has 8 nitrogen and oxygen atoms in total. The number of hydrogen-bond acceptors (Lipinski definition) is 6. The Morgan fingerprint density at radius 2 is 1.85 bits per heavy atom. The van der Waals surface area contributed by atoms with E-state index in [2.05, 4.69) is 30.6 Å². The van der Waals surface area contributed by atoms with Crippen LogP contribution in [0.4, 0.5) is 8.78 Å². The monoisotopic (exact) mass is 564 g/mol. The Morgan fingerprint density at radius 3 is 2.67 bits per heavy atom. The third-order valence-electron chi connectivity index (χ3n) is 7.59. The summed E-state index contributed by atoms with van der Waals surface area (Å²) in [6.45, 7) is 0.279. The van der Waals surface area contributed by atoms with E-state index in [4.69, 9.17) is 21.1 Å². The molecule has 0 amide bonds. The van der Waals surface area contributed by atoms with Crippen molar-refractivity contribution in [2.45, 2.75) is 44.6 Å². The number of halogens is 3. The topological polar surface area (TPSA) is 102 Å². The summed E-state index contributed by atoms with van der Waals surface area (Å²) in [6, 6.07) is 13.8. The molecule has 0 aliphatic heterocycles. The highest BCUT2D eigenvalue weighted by molar-refractivity contribution is 6.30. The van der Waals surface area contributed by atoms with Gasteiger partial charge in [-0.1, -0.05) is 42.6 Å². The lowest BCUT2D eigenvalue weighted by Crippen LogP contribution is -2.21. The fourth-order valence-corrected chi connectivity index (χ4v) is 5.81. The molecule has 2 N–H and O–H groups in total. The highest BCUT2D eigenvalue weighted by Crippen LogP contribution is 2.44. The van der Waals surface area contributed by atoms with Crippen LogP contribution in [0.5, 0.6) is 11.5 Å². The second-order valence-corrected chi connectivity index (χ2v) is 10.5. The van der Waals surface area contributed by atoms with Crippen LogP contribution < -0.4 is 9.47 Å². The number of imidazole rings is 1. The Labute approximate surface area is 234 Å². The van der Waals surface area contributed by atoms with Crippen molar-refractivity contribution >= 4 is 22.6 Å². The standard InChI is InChI=1S/C29H27ClF2N6O2/c1-39-26-10-17(29-35-37-38-36-29)6-7-18(26)15-40-27-12-19(30)8-9-21(27)20-5-3-2-4-16(20)11-28-33-24-13-22(31)23(32)14-25(24)34-28/h6-10,12-14,16,20H,2-5,11,15H2,1H3,(H,33,34)(H,35,36,37,38). The first kappa shape index (κ1) is 26.2. The zero-order valence-electron chi connectivity index (χ0n) is 21.8. The average Bonchev–Trinajstić information content (AvgIpc) is 3.63. The summed E-state index contributed by atoms with van der Waals surface area (Å²) in [5.41, 5.74) is 3.65. The zero-order chi connectivity index (χ0) is 27.6. The molecule has 11 heteroatoms. The number of methoxy groups -OCH3 is 1. The van der Waals surface area contributed by atoms with Gasteiger partial charge >= 0.3 is 0 Å². The largest absolute Gasteiger partial charge is 0.496 e. The molecule has 2 heterocycles. The first-order valence-electron chi connectivity index (χ1n) is 13.1. The van der Waals surface area contributed by atoms with Gasteiger partial charge in [0.25, 0.3) is 0 Å². The maximum atomic E-state index is 13.7. The molecule has 1 aliphatic carbocycles. The fraction of sp³-hybridized carbons (Fsp3) is 0.310. The highest BCUT2D eigenvalue weighted by atomic mass is 35.5. The van der Waals surface area contributed by atoms with Crippen LogP contribution in [-0.4, -0.2) is 37.7 Å². The molecule has 3 aromatic carbocycles. The van der Waals surface area contributed by atoms with Gasteiger partial charge in [-0.15, -0.1) is 10.2 Å². The van der Waals surface area contributed by atoms with Crippen LogP contribution in [0.3, 0.4) is 0 Å². The van der Waals surface area contributed by atoms with E-state index in [1.807, 2.05) is 36.4 Å². The molecule has 5 aromatic rings. The number of ether oxygens (including phenoxy) is 2. The predicted molar refractivity (Wildman–Crippen MR) is 146 cm³/mol. The number of benzene rings is 3. The molecule has 2 aromatic heterocycles. The molecule has 0 radical (unpaired) electrons. The second kappa shape index (κ2) is 11.2. The molecular formula is C29H27ClF2N6O2. The van der Waals surface area contributed by atoms with Gasteiger partial charge in [-0.3, -0.25) is 0 Å². The van der Waals surface area contributed by atoms with Gasteiger partial charge in [0.15, 0.2) is 11.6 Å². The van der Waals surface area contributed by atoms with Crippen LogP contribution in [0.25, 0.3) is 22.4 Å². The van der Waals surface area contributed by atoms with E-state index in [-0.39, 0.29) is 18.4 Å². The van der Waals surface area contributed by atoms with Crippen LogP contribution >= 0.6 is 11.6 Å². The number of nitrogens with zero attached hydrogens (tertiary/aromatic N) is 4. The van der Waals surface area contributed by atoms with Crippen LogP contribution in [0.1, 0.15) is 48.6 Å². The summed E-state index contributed by atoms with van der Waals surface area (Å²) >= 11 is 6.41. The van der Waals surface area contributed by atoms with E-state index in [1.165, 1.54) is 0 Å². The Hall–Kier alpha value is -4.05. The predicted octanol–water partition coefficient (Wildman–Crippen LogP) is 6.78. The van der Waals surface area contributed by atoms with E-state index in [1.54, 1.807) is 7.11 Å². The number of hydrogen-bond donors (Lipinski definition) is 2. The van der Waals surface area contributed by atoms with Crippen molar-refractivity contribution < 1.29 is 18.3 Å². The Kier molecular flexibility index (Phi) is 7.34. The lowest BCUT2D eigenvalue weighted by Gasteiger charge is -2.32. The third kappa shape index (κ3) is 5.36. The van der Waals surface area contributed by atoms with Gasteiger partial charge < -0.3 is 14.5 Å². The summed E-state index contributed by atoms with van der Waals surface area (Å²) in [5, 5.41) is 14.7. The van der Waals surface area contributed by atoms with E-state index in [9.17, 15) is 8.78 Å². The van der Waals surface area contributed by atoms with E-state index < -0.39 is 11.6 Å². The smallest absolute Gasteiger partial charge is 0.204 e. The van der Waals surface area contributed by atoms with Gasteiger partial charge in [0.1, 0.15) is 23.9 Å². The van der Waals surface area contributed by atoms with Crippen molar-refractivity contribution in [2.75, 3.05) is 7.11 Å². The van der Waals surface area contributed by atoms with Crippen molar-refractivity contribution in [1.82, 2.24) is 30.6 Å². The SMILES string of the molecule is COc1cc(-c2nn[nH]n2)ccc1COc1cc(Cl)ccc1C1CCCCC1Cc1nc2cc(F)c(F)cc2[nH]1. The highest BCUT2D eigenvalue weighted by Gasteiger charge is 2.30. The minimum atomic E-state index is -0.898. The maximum absolute atomic E-state index is 13.7. The molecule has 206 valence electrons. The van der Waals surface area contributed by atoms with Crippen LogP contribution in [0.15, 0.2) is 48.5 Å².